The summed E-state index contributed by atoms with van der Waals surface area (Å²) in [6, 6.07) is 9.02. The number of Topliss-reactive ketones (excluding diaryl/α,β-unsaturated/α-hetero) is 1. The van der Waals surface area contributed by atoms with Crippen LogP contribution >= 0.6 is 0 Å². The van der Waals surface area contributed by atoms with E-state index in [0.29, 0.717) is 5.41 Å². The highest BCUT2D eigenvalue weighted by molar-refractivity contribution is 5.83. The molecule has 154 valence electrons. The van der Waals surface area contributed by atoms with Gasteiger partial charge >= 0.3 is 0 Å². The summed E-state index contributed by atoms with van der Waals surface area (Å²) in [4.78, 5) is 35.4. The first-order valence-electron chi connectivity index (χ1n) is 10.6. The number of fused-ring (bicyclic) bond motifs is 1. The van der Waals surface area contributed by atoms with Crippen LogP contribution in [0.15, 0.2) is 47.7 Å². The summed E-state index contributed by atoms with van der Waals surface area (Å²) in [5.74, 6) is 0.737. The van der Waals surface area contributed by atoms with Gasteiger partial charge in [0.15, 0.2) is 5.78 Å². The molecule has 1 saturated heterocycles. The fraction of sp³-hybridized carbons (Fsp3) is 0.435. The Labute approximate surface area is 174 Å². The second-order valence-electron chi connectivity index (χ2n) is 8.66. The lowest BCUT2D eigenvalue weighted by Gasteiger charge is -2.48. The summed E-state index contributed by atoms with van der Waals surface area (Å²) in [6.07, 6.45) is 9.93. The van der Waals surface area contributed by atoms with Crippen molar-refractivity contribution in [3.63, 3.8) is 0 Å². The molecule has 1 spiro atoms. The Bertz CT molecular complexity index is 1140. The molecule has 1 saturated carbocycles. The molecule has 5 rings (SSSR count). The van der Waals surface area contributed by atoms with Crippen molar-refractivity contribution in [3.05, 3.63) is 58.8 Å². The Hall–Kier alpha value is -3.09. The third-order valence-electron chi connectivity index (χ3n) is 6.71. The SMILES string of the molecule is O=C(Cc1ccc2cncnc2c1)Cn1nc(N2CCC3(CCC3)CC2)ccc1=O. The van der Waals surface area contributed by atoms with Gasteiger partial charge in [0.05, 0.1) is 5.52 Å². The van der Waals surface area contributed by atoms with E-state index in [9.17, 15) is 9.59 Å². The molecule has 7 heteroatoms. The molecule has 1 aromatic carbocycles. The number of benzene rings is 1. The summed E-state index contributed by atoms with van der Waals surface area (Å²) >= 11 is 0. The number of carbonyl (C=O) groups excluding carboxylic acids is 1. The molecule has 2 aromatic heterocycles. The number of aromatic nitrogens is 4. The maximum atomic E-state index is 12.6. The predicted molar refractivity (Wildman–Crippen MR) is 114 cm³/mol. The quantitative estimate of drug-likeness (QED) is 0.652. The minimum absolute atomic E-state index is 0.0216. The smallest absolute Gasteiger partial charge is 0.267 e. The van der Waals surface area contributed by atoms with Crippen LogP contribution in [-0.2, 0) is 17.8 Å². The molecule has 1 aliphatic heterocycles. The highest BCUT2D eigenvalue weighted by Gasteiger charge is 2.39. The van der Waals surface area contributed by atoms with E-state index >= 15 is 0 Å². The molecule has 0 atom stereocenters. The summed E-state index contributed by atoms with van der Waals surface area (Å²) in [5.41, 5.74) is 2.00. The van der Waals surface area contributed by atoms with Gasteiger partial charge in [0, 0.05) is 37.2 Å². The lowest BCUT2D eigenvalue weighted by molar-refractivity contribution is -0.119. The Morgan fingerprint density at radius 1 is 1.07 bits per heavy atom. The molecule has 2 aliphatic rings. The van der Waals surface area contributed by atoms with Crippen molar-refractivity contribution in [1.82, 2.24) is 19.7 Å². The lowest BCUT2D eigenvalue weighted by atomic mass is 9.63. The van der Waals surface area contributed by atoms with Gasteiger partial charge < -0.3 is 4.90 Å². The van der Waals surface area contributed by atoms with Crippen molar-refractivity contribution in [2.45, 2.75) is 45.1 Å². The summed E-state index contributed by atoms with van der Waals surface area (Å²) < 4.78 is 1.30. The first kappa shape index (κ1) is 18.9. The molecule has 1 aliphatic carbocycles. The van der Waals surface area contributed by atoms with Gasteiger partial charge in [-0.2, -0.15) is 5.10 Å². The van der Waals surface area contributed by atoms with E-state index in [1.54, 1.807) is 12.3 Å². The predicted octanol–water partition coefficient (Wildman–Crippen LogP) is 2.77. The van der Waals surface area contributed by atoms with Crippen LogP contribution in [0.2, 0.25) is 0 Å². The number of anilines is 1. The first-order chi connectivity index (χ1) is 14.6. The Kier molecular flexibility index (Phi) is 4.81. The van der Waals surface area contributed by atoms with Crippen molar-refractivity contribution in [2.24, 2.45) is 5.41 Å². The van der Waals surface area contributed by atoms with Gasteiger partial charge in [0.1, 0.15) is 18.7 Å². The normalized spacial score (nSPS) is 17.8. The average Bonchev–Trinajstić information content (AvgIpc) is 2.74. The molecule has 0 N–H and O–H groups in total. The van der Waals surface area contributed by atoms with Crippen LogP contribution in [0.25, 0.3) is 10.9 Å². The summed E-state index contributed by atoms with van der Waals surface area (Å²) in [7, 11) is 0. The Morgan fingerprint density at radius 3 is 2.67 bits per heavy atom. The van der Waals surface area contributed by atoms with Crippen LogP contribution in [0.1, 0.15) is 37.7 Å². The van der Waals surface area contributed by atoms with Gasteiger partial charge in [-0.05, 0) is 48.8 Å². The highest BCUT2D eigenvalue weighted by Crippen LogP contribution is 2.49. The van der Waals surface area contributed by atoms with Crippen LogP contribution in [0, 0.1) is 5.41 Å². The van der Waals surface area contributed by atoms with Gasteiger partial charge in [0.2, 0.25) is 0 Å². The van der Waals surface area contributed by atoms with Crippen LogP contribution in [0.5, 0.6) is 0 Å². The van der Waals surface area contributed by atoms with Crippen LogP contribution in [0.3, 0.4) is 0 Å². The largest absolute Gasteiger partial charge is 0.355 e. The first-order valence-corrected chi connectivity index (χ1v) is 10.6. The van der Waals surface area contributed by atoms with E-state index < -0.39 is 0 Å². The number of rotatable bonds is 5. The summed E-state index contributed by atoms with van der Waals surface area (Å²) in [6.45, 7) is 1.92. The second-order valence-corrected chi connectivity index (χ2v) is 8.66. The molecular formula is C23H25N5O2. The van der Waals surface area contributed by atoms with Crippen LogP contribution in [0.4, 0.5) is 5.82 Å². The number of ketones is 1. The van der Waals surface area contributed by atoms with E-state index in [1.165, 1.54) is 49.2 Å². The van der Waals surface area contributed by atoms with Gasteiger partial charge in [-0.15, -0.1) is 0 Å². The topological polar surface area (TPSA) is 81.0 Å². The zero-order valence-electron chi connectivity index (χ0n) is 17.0. The van der Waals surface area contributed by atoms with E-state index in [2.05, 4.69) is 20.0 Å². The zero-order chi connectivity index (χ0) is 20.6. The van der Waals surface area contributed by atoms with Crippen LogP contribution < -0.4 is 10.5 Å². The maximum absolute atomic E-state index is 12.6. The maximum Gasteiger partial charge on any atom is 0.267 e. The second kappa shape index (κ2) is 7.63. The van der Waals surface area contributed by atoms with Crippen LogP contribution in [-0.4, -0.2) is 38.6 Å². The molecule has 3 aromatic rings. The fourth-order valence-corrected chi connectivity index (χ4v) is 4.69. The van der Waals surface area contributed by atoms with Gasteiger partial charge in [-0.1, -0.05) is 18.6 Å². The molecular weight excluding hydrogens is 378 g/mol. The Balaban J connectivity index is 1.27. The lowest BCUT2D eigenvalue weighted by Crippen LogP contribution is -2.44. The molecule has 7 nitrogen and oxygen atoms in total. The highest BCUT2D eigenvalue weighted by atomic mass is 16.1. The van der Waals surface area contributed by atoms with Crippen molar-refractivity contribution < 1.29 is 4.79 Å². The van der Waals surface area contributed by atoms with Crippen molar-refractivity contribution >= 4 is 22.5 Å². The number of hydrogen-bond acceptors (Lipinski definition) is 6. The molecule has 0 amide bonds. The average molecular weight is 403 g/mol. The van der Waals surface area contributed by atoms with E-state index in [4.69, 9.17) is 0 Å². The third kappa shape index (κ3) is 3.72. The van der Waals surface area contributed by atoms with Crippen molar-refractivity contribution in [2.75, 3.05) is 18.0 Å². The fourth-order valence-electron chi connectivity index (χ4n) is 4.69. The minimum atomic E-state index is -0.245. The molecule has 2 fully saturated rings. The van der Waals surface area contributed by atoms with Gasteiger partial charge in [0.25, 0.3) is 5.56 Å². The zero-order valence-corrected chi connectivity index (χ0v) is 17.0. The van der Waals surface area contributed by atoms with Gasteiger partial charge in [-0.3, -0.25) is 9.59 Å². The van der Waals surface area contributed by atoms with E-state index in [1.807, 2.05) is 18.2 Å². The molecule has 0 bridgehead atoms. The molecule has 3 heterocycles. The van der Waals surface area contributed by atoms with E-state index in [0.717, 1.165) is 35.4 Å². The number of carbonyl (C=O) groups is 1. The molecule has 30 heavy (non-hydrogen) atoms. The van der Waals surface area contributed by atoms with Crippen molar-refractivity contribution in [3.8, 4) is 0 Å². The summed E-state index contributed by atoms with van der Waals surface area (Å²) in [5, 5.41) is 5.44. The van der Waals surface area contributed by atoms with Gasteiger partial charge in [-0.25, -0.2) is 14.6 Å². The van der Waals surface area contributed by atoms with E-state index in [-0.39, 0.29) is 24.3 Å². The Morgan fingerprint density at radius 2 is 1.90 bits per heavy atom. The monoisotopic (exact) mass is 403 g/mol. The van der Waals surface area contributed by atoms with Crippen molar-refractivity contribution in [1.29, 1.82) is 0 Å². The standard InChI is InChI=1S/C23H25N5O2/c29-19(12-17-2-3-18-14-24-16-25-20(18)13-17)15-28-22(30)5-4-21(26-28)27-10-8-23(9-11-27)6-1-7-23/h2-5,13-14,16H,1,6-12,15H2. The minimum Gasteiger partial charge on any atom is -0.355 e. The number of nitrogens with zero attached hydrogens (tertiary/aromatic N) is 5. The number of piperidine rings is 1. The molecule has 0 unspecified atom stereocenters. The number of hydrogen-bond donors (Lipinski definition) is 0. The third-order valence-corrected chi connectivity index (χ3v) is 6.71. The molecule has 0 radical (unpaired) electrons.